The zero-order valence-electron chi connectivity index (χ0n) is 9.43. The number of nitrogens with one attached hydrogen (secondary N) is 2. The Morgan fingerprint density at radius 3 is 2.88 bits per heavy atom. The Balaban J connectivity index is 2.70. The fourth-order valence-corrected chi connectivity index (χ4v) is 2.57. The van der Waals surface area contributed by atoms with Crippen molar-refractivity contribution in [2.75, 3.05) is 13.7 Å². The van der Waals surface area contributed by atoms with Crippen molar-refractivity contribution in [3.63, 3.8) is 0 Å². The molecule has 1 rings (SSSR count). The highest BCUT2D eigenvalue weighted by Crippen LogP contribution is 2.06. The molecular weight excluding hydrogens is 230 g/mol. The maximum absolute atomic E-state index is 11.8. The van der Waals surface area contributed by atoms with E-state index < -0.39 is 10.0 Å². The third-order valence-corrected chi connectivity index (χ3v) is 3.54. The predicted molar refractivity (Wildman–Crippen MR) is 59.5 cm³/mol. The number of H-pyrrole nitrogens is 1. The number of methoxy groups -OCH3 is 1. The number of nitrogens with zero attached hydrogens (tertiary/aromatic N) is 1. The van der Waals surface area contributed by atoms with Crippen molar-refractivity contribution in [3.8, 4) is 0 Å². The molecule has 2 N–H and O–H groups in total. The fraction of sp³-hybridized carbons (Fsp3) is 0.667. The third kappa shape index (κ3) is 3.58. The number of hydrogen-bond donors (Lipinski definition) is 2. The molecule has 1 heterocycles. The second kappa shape index (κ2) is 5.97. The molecule has 1 unspecified atom stereocenters. The van der Waals surface area contributed by atoms with Crippen LogP contribution in [0.2, 0.25) is 0 Å². The van der Waals surface area contributed by atoms with E-state index in [1.54, 1.807) is 7.11 Å². The number of aromatic nitrogens is 2. The first-order valence-corrected chi connectivity index (χ1v) is 6.59. The van der Waals surface area contributed by atoms with E-state index in [1.165, 1.54) is 12.3 Å². The van der Waals surface area contributed by atoms with Gasteiger partial charge in [-0.25, -0.2) is 13.1 Å². The van der Waals surface area contributed by atoms with Gasteiger partial charge in [-0.05, 0) is 12.5 Å². The fourth-order valence-electron chi connectivity index (χ4n) is 1.40. The molecule has 1 aromatic heterocycles. The minimum Gasteiger partial charge on any atom is -0.383 e. The van der Waals surface area contributed by atoms with E-state index in [2.05, 4.69) is 14.9 Å². The second-order valence-corrected chi connectivity index (χ2v) is 5.17. The van der Waals surface area contributed by atoms with Crippen molar-refractivity contribution in [1.82, 2.24) is 14.9 Å². The molecule has 0 spiro atoms. The average molecular weight is 247 g/mol. The van der Waals surface area contributed by atoms with Crippen LogP contribution in [0.5, 0.6) is 0 Å². The molecule has 0 amide bonds. The summed E-state index contributed by atoms with van der Waals surface area (Å²) in [5.74, 6) is 0. The van der Waals surface area contributed by atoms with Gasteiger partial charge in [-0.1, -0.05) is 13.3 Å². The Kier molecular flexibility index (Phi) is 4.91. The Hall–Kier alpha value is -0.920. The van der Waals surface area contributed by atoms with E-state index in [4.69, 9.17) is 4.74 Å². The second-order valence-electron chi connectivity index (χ2n) is 3.48. The number of ether oxygens (including phenoxy) is 1. The van der Waals surface area contributed by atoms with Gasteiger partial charge in [0.1, 0.15) is 0 Å². The third-order valence-electron chi connectivity index (χ3n) is 2.09. The summed E-state index contributed by atoms with van der Waals surface area (Å²) >= 11 is 0. The highest BCUT2D eigenvalue weighted by atomic mass is 32.2. The minimum absolute atomic E-state index is 0.0738. The SMILES string of the molecule is CCCC(COC)NS(=O)(=O)c1ccn[nH]1. The highest BCUT2D eigenvalue weighted by molar-refractivity contribution is 7.89. The maximum atomic E-state index is 11.8. The van der Waals surface area contributed by atoms with E-state index in [0.29, 0.717) is 6.61 Å². The first-order valence-electron chi connectivity index (χ1n) is 5.10. The highest BCUT2D eigenvalue weighted by Gasteiger charge is 2.20. The number of hydrogen-bond acceptors (Lipinski definition) is 4. The van der Waals surface area contributed by atoms with Crippen LogP contribution in [-0.2, 0) is 14.8 Å². The summed E-state index contributed by atoms with van der Waals surface area (Å²) in [6.45, 7) is 2.36. The molecule has 1 atom stereocenters. The van der Waals surface area contributed by atoms with Gasteiger partial charge in [-0.3, -0.25) is 5.10 Å². The lowest BCUT2D eigenvalue weighted by molar-refractivity contribution is 0.171. The Labute approximate surface area is 95.4 Å². The number of sulfonamides is 1. The molecule has 0 radical (unpaired) electrons. The summed E-state index contributed by atoms with van der Waals surface area (Å²) in [7, 11) is -1.96. The van der Waals surface area contributed by atoms with Crippen LogP contribution in [0.3, 0.4) is 0 Å². The molecule has 0 aliphatic rings. The smallest absolute Gasteiger partial charge is 0.257 e. The summed E-state index contributed by atoms with van der Waals surface area (Å²) in [6.07, 6.45) is 3.03. The molecule has 6 nitrogen and oxygen atoms in total. The van der Waals surface area contributed by atoms with E-state index >= 15 is 0 Å². The first-order chi connectivity index (χ1) is 7.60. The van der Waals surface area contributed by atoms with E-state index in [-0.39, 0.29) is 11.1 Å². The van der Waals surface area contributed by atoms with Gasteiger partial charge in [0.05, 0.1) is 12.8 Å². The summed E-state index contributed by atoms with van der Waals surface area (Å²) in [5, 5.41) is 6.11. The standard InChI is InChI=1S/C9H17N3O3S/c1-3-4-8(7-15-2)12-16(13,14)9-5-6-10-11-9/h5-6,8,12H,3-4,7H2,1-2H3,(H,10,11). The summed E-state index contributed by atoms with van der Waals surface area (Å²) < 4.78 is 31.2. The van der Waals surface area contributed by atoms with Crippen LogP contribution in [-0.4, -0.2) is 38.4 Å². The molecule has 1 aromatic rings. The van der Waals surface area contributed by atoms with Crippen LogP contribution in [0.25, 0.3) is 0 Å². The van der Waals surface area contributed by atoms with Crippen molar-refractivity contribution < 1.29 is 13.2 Å². The minimum atomic E-state index is -3.51. The van der Waals surface area contributed by atoms with Crippen LogP contribution in [0, 0.1) is 0 Å². The van der Waals surface area contributed by atoms with Crippen molar-refractivity contribution in [1.29, 1.82) is 0 Å². The molecule has 0 aliphatic heterocycles. The normalized spacial score (nSPS) is 13.9. The Bertz CT molecular complexity index is 382. The summed E-state index contributed by atoms with van der Waals surface area (Å²) in [4.78, 5) is 0. The quantitative estimate of drug-likeness (QED) is 0.735. The van der Waals surface area contributed by atoms with Crippen molar-refractivity contribution >= 4 is 10.0 Å². The van der Waals surface area contributed by atoms with Gasteiger partial charge in [0.15, 0.2) is 5.03 Å². The van der Waals surface area contributed by atoms with Crippen LogP contribution >= 0.6 is 0 Å². The predicted octanol–water partition coefficient (Wildman–Crippen LogP) is 0.503. The number of rotatable bonds is 7. The van der Waals surface area contributed by atoms with Crippen LogP contribution in [0.4, 0.5) is 0 Å². The summed E-state index contributed by atoms with van der Waals surface area (Å²) in [5.41, 5.74) is 0. The Morgan fingerprint density at radius 2 is 2.38 bits per heavy atom. The average Bonchev–Trinajstić information content (AvgIpc) is 2.71. The molecule has 7 heteroatoms. The van der Waals surface area contributed by atoms with Crippen LogP contribution in [0.15, 0.2) is 17.3 Å². The molecule has 92 valence electrons. The van der Waals surface area contributed by atoms with Gasteiger partial charge in [0.2, 0.25) is 0 Å². The lowest BCUT2D eigenvalue weighted by Gasteiger charge is -2.16. The lowest BCUT2D eigenvalue weighted by atomic mass is 10.2. The molecule has 0 fully saturated rings. The van der Waals surface area contributed by atoms with E-state index in [1.807, 2.05) is 6.92 Å². The monoisotopic (exact) mass is 247 g/mol. The zero-order chi connectivity index (χ0) is 12.0. The van der Waals surface area contributed by atoms with E-state index in [0.717, 1.165) is 12.8 Å². The van der Waals surface area contributed by atoms with Gasteiger partial charge in [-0.2, -0.15) is 5.10 Å². The molecule has 16 heavy (non-hydrogen) atoms. The van der Waals surface area contributed by atoms with Gasteiger partial charge in [0.25, 0.3) is 10.0 Å². The first kappa shape index (κ1) is 13.1. The van der Waals surface area contributed by atoms with Crippen LogP contribution in [0.1, 0.15) is 19.8 Å². The van der Waals surface area contributed by atoms with Crippen LogP contribution < -0.4 is 4.72 Å². The Morgan fingerprint density at radius 1 is 1.62 bits per heavy atom. The lowest BCUT2D eigenvalue weighted by Crippen LogP contribution is -2.38. The van der Waals surface area contributed by atoms with Crippen molar-refractivity contribution in [2.45, 2.75) is 30.8 Å². The topological polar surface area (TPSA) is 84.1 Å². The van der Waals surface area contributed by atoms with Gasteiger partial charge in [0, 0.05) is 13.2 Å². The molecule has 0 bridgehead atoms. The van der Waals surface area contributed by atoms with Crippen molar-refractivity contribution in [3.05, 3.63) is 12.3 Å². The van der Waals surface area contributed by atoms with Gasteiger partial charge < -0.3 is 4.74 Å². The largest absolute Gasteiger partial charge is 0.383 e. The maximum Gasteiger partial charge on any atom is 0.257 e. The van der Waals surface area contributed by atoms with Gasteiger partial charge in [-0.15, -0.1) is 0 Å². The molecule has 0 saturated carbocycles. The molecule has 0 aromatic carbocycles. The van der Waals surface area contributed by atoms with Crippen molar-refractivity contribution in [2.24, 2.45) is 0 Å². The summed E-state index contributed by atoms with van der Waals surface area (Å²) in [6, 6.07) is 1.21. The van der Waals surface area contributed by atoms with E-state index in [9.17, 15) is 8.42 Å². The zero-order valence-corrected chi connectivity index (χ0v) is 10.3. The molecule has 0 aliphatic carbocycles. The molecule has 0 saturated heterocycles. The van der Waals surface area contributed by atoms with Gasteiger partial charge >= 0.3 is 0 Å². The number of aromatic amines is 1. The molecular formula is C9H17N3O3S.